The molecule has 68 valence electrons. The average molecular weight is 194 g/mol. The fraction of sp³-hybridized carbons (Fsp3) is 0.222. The van der Waals surface area contributed by atoms with Gasteiger partial charge < -0.3 is 10.2 Å². The largest absolute Gasteiger partial charge is 0.469 e. The summed E-state index contributed by atoms with van der Waals surface area (Å²) >= 11 is 1.59. The number of thiazole rings is 1. The average Bonchev–Trinajstić information content (AvgIpc) is 2.71. The first-order valence-electron chi connectivity index (χ1n) is 4.00. The van der Waals surface area contributed by atoms with Crippen molar-refractivity contribution in [3.8, 4) is 10.6 Å². The Labute approximate surface area is 80.2 Å². The Morgan fingerprint density at radius 3 is 3.00 bits per heavy atom. The second-order valence-corrected chi connectivity index (χ2v) is 3.60. The van der Waals surface area contributed by atoms with E-state index in [-0.39, 0.29) is 0 Å². The van der Waals surface area contributed by atoms with Crippen LogP contribution in [-0.4, -0.2) is 4.98 Å². The van der Waals surface area contributed by atoms with Gasteiger partial charge in [-0.2, -0.15) is 0 Å². The van der Waals surface area contributed by atoms with Crippen LogP contribution in [0.3, 0.4) is 0 Å². The summed E-state index contributed by atoms with van der Waals surface area (Å²) in [6, 6.07) is 1.93. The molecular weight excluding hydrogens is 184 g/mol. The molecule has 13 heavy (non-hydrogen) atoms. The molecular formula is C9H10N2OS. The lowest BCUT2D eigenvalue weighted by atomic mass is 10.3. The SMILES string of the molecule is Cc1occc1-c1nc(CN)cs1. The monoisotopic (exact) mass is 194 g/mol. The highest BCUT2D eigenvalue weighted by Gasteiger charge is 2.08. The molecule has 2 N–H and O–H groups in total. The molecule has 0 saturated carbocycles. The lowest BCUT2D eigenvalue weighted by Crippen LogP contribution is -1.95. The van der Waals surface area contributed by atoms with Gasteiger partial charge in [-0.3, -0.25) is 0 Å². The van der Waals surface area contributed by atoms with Crippen LogP contribution in [0.2, 0.25) is 0 Å². The number of nitrogens with zero attached hydrogens (tertiary/aromatic N) is 1. The fourth-order valence-corrected chi connectivity index (χ4v) is 2.04. The van der Waals surface area contributed by atoms with E-state index in [9.17, 15) is 0 Å². The van der Waals surface area contributed by atoms with Gasteiger partial charge in [-0.25, -0.2) is 4.98 Å². The lowest BCUT2D eigenvalue weighted by Gasteiger charge is -1.90. The second-order valence-electron chi connectivity index (χ2n) is 2.74. The van der Waals surface area contributed by atoms with E-state index < -0.39 is 0 Å². The van der Waals surface area contributed by atoms with Crippen molar-refractivity contribution < 1.29 is 4.42 Å². The summed E-state index contributed by atoms with van der Waals surface area (Å²) < 4.78 is 5.20. The molecule has 0 aliphatic heterocycles. The van der Waals surface area contributed by atoms with Gasteiger partial charge in [0, 0.05) is 11.9 Å². The van der Waals surface area contributed by atoms with Crippen LogP contribution < -0.4 is 5.73 Å². The van der Waals surface area contributed by atoms with Gasteiger partial charge in [0.1, 0.15) is 10.8 Å². The minimum atomic E-state index is 0.493. The van der Waals surface area contributed by atoms with Gasteiger partial charge in [0.2, 0.25) is 0 Å². The zero-order chi connectivity index (χ0) is 9.26. The number of hydrogen-bond donors (Lipinski definition) is 1. The molecule has 2 aromatic heterocycles. The Kier molecular flexibility index (Phi) is 2.16. The number of hydrogen-bond acceptors (Lipinski definition) is 4. The maximum Gasteiger partial charge on any atom is 0.127 e. The van der Waals surface area contributed by atoms with Crippen molar-refractivity contribution in [3.63, 3.8) is 0 Å². The van der Waals surface area contributed by atoms with E-state index in [2.05, 4.69) is 4.98 Å². The molecule has 0 bridgehead atoms. The van der Waals surface area contributed by atoms with E-state index in [0.29, 0.717) is 6.54 Å². The zero-order valence-corrected chi connectivity index (χ0v) is 8.10. The van der Waals surface area contributed by atoms with Gasteiger partial charge in [-0.15, -0.1) is 11.3 Å². The molecule has 0 amide bonds. The van der Waals surface area contributed by atoms with E-state index >= 15 is 0 Å². The predicted molar refractivity (Wildman–Crippen MR) is 52.4 cm³/mol. The molecule has 0 aliphatic rings. The molecule has 0 radical (unpaired) electrons. The summed E-state index contributed by atoms with van der Waals surface area (Å²) in [7, 11) is 0. The molecule has 0 fully saturated rings. The van der Waals surface area contributed by atoms with Crippen LogP contribution in [0.5, 0.6) is 0 Å². The minimum Gasteiger partial charge on any atom is -0.469 e. The van der Waals surface area contributed by atoms with Crippen molar-refractivity contribution in [1.82, 2.24) is 4.98 Å². The maximum absolute atomic E-state index is 5.48. The standard InChI is InChI=1S/C9H10N2OS/c1-6-8(2-3-12-6)9-11-7(4-10)5-13-9/h2-3,5H,4,10H2,1H3. The molecule has 0 spiro atoms. The third-order valence-corrected chi connectivity index (χ3v) is 2.77. The summed E-state index contributed by atoms with van der Waals surface area (Å²) in [4.78, 5) is 4.37. The van der Waals surface area contributed by atoms with Crippen molar-refractivity contribution in [3.05, 3.63) is 29.2 Å². The van der Waals surface area contributed by atoms with E-state index in [1.54, 1.807) is 17.6 Å². The van der Waals surface area contributed by atoms with Crippen LogP contribution >= 0.6 is 11.3 Å². The summed E-state index contributed by atoms with van der Waals surface area (Å²) in [5.41, 5.74) is 7.47. The highest BCUT2D eigenvalue weighted by molar-refractivity contribution is 7.13. The summed E-state index contributed by atoms with van der Waals surface area (Å²) in [6.07, 6.45) is 1.67. The molecule has 0 aliphatic carbocycles. The Morgan fingerprint density at radius 1 is 1.62 bits per heavy atom. The Hall–Kier alpha value is -1.13. The van der Waals surface area contributed by atoms with E-state index in [1.165, 1.54) is 0 Å². The molecule has 0 saturated heterocycles. The Bertz CT molecular complexity index is 405. The first-order chi connectivity index (χ1) is 6.31. The summed E-state index contributed by atoms with van der Waals surface area (Å²) in [5.74, 6) is 0.901. The number of furan rings is 1. The molecule has 0 atom stereocenters. The van der Waals surface area contributed by atoms with Crippen molar-refractivity contribution >= 4 is 11.3 Å². The van der Waals surface area contributed by atoms with Gasteiger partial charge in [0.05, 0.1) is 17.5 Å². The van der Waals surface area contributed by atoms with E-state index in [0.717, 1.165) is 22.0 Å². The van der Waals surface area contributed by atoms with Crippen LogP contribution in [0.1, 0.15) is 11.5 Å². The predicted octanol–water partition coefficient (Wildman–Crippen LogP) is 2.17. The molecule has 2 aromatic rings. The second kappa shape index (κ2) is 3.32. The van der Waals surface area contributed by atoms with Crippen LogP contribution in [-0.2, 0) is 6.54 Å². The molecule has 0 aromatic carbocycles. The molecule has 4 heteroatoms. The fourth-order valence-electron chi connectivity index (χ4n) is 1.13. The molecule has 3 nitrogen and oxygen atoms in total. The number of aromatic nitrogens is 1. The first kappa shape index (κ1) is 8.47. The van der Waals surface area contributed by atoms with Crippen molar-refractivity contribution in [1.29, 1.82) is 0 Å². The quantitative estimate of drug-likeness (QED) is 0.797. The highest BCUT2D eigenvalue weighted by Crippen LogP contribution is 2.27. The zero-order valence-electron chi connectivity index (χ0n) is 7.28. The van der Waals surface area contributed by atoms with Gasteiger partial charge in [0.15, 0.2) is 0 Å². The molecule has 2 rings (SSSR count). The number of rotatable bonds is 2. The van der Waals surface area contributed by atoms with Crippen LogP contribution in [0.4, 0.5) is 0 Å². The van der Waals surface area contributed by atoms with Crippen molar-refractivity contribution in [2.75, 3.05) is 0 Å². The molecule has 0 unspecified atom stereocenters. The van der Waals surface area contributed by atoms with Crippen molar-refractivity contribution in [2.24, 2.45) is 5.73 Å². The van der Waals surface area contributed by atoms with Gasteiger partial charge >= 0.3 is 0 Å². The number of aryl methyl sites for hydroxylation is 1. The Morgan fingerprint density at radius 2 is 2.46 bits per heavy atom. The maximum atomic E-state index is 5.48. The third-order valence-electron chi connectivity index (χ3n) is 1.85. The Balaban J connectivity index is 2.41. The van der Waals surface area contributed by atoms with Gasteiger partial charge in [-0.05, 0) is 13.0 Å². The third kappa shape index (κ3) is 1.50. The van der Waals surface area contributed by atoms with Crippen LogP contribution in [0, 0.1) is 6.92 Å². The minimum absolute atomic E-state index is 0.493. The first-order valence-corrected chi connectivity index (χ1v) is 4.88. The summed E-state index contributed by atoms with van der Waals surface area (Å²) in [5, 5.41) is 2.95. The lowest BCUT2D eigenvalue weighted by molar-refractivity contribution is 0.535. The molecule has 2 heterocycles. The topological polar surface area (TPSA) is 52.0 Å². The van der Waals surface area contributed by atoms with E-state index in [4.69, 9.17) is 10.2 Å². The van der Waals surface area contributed by atoms with Gasteiger partial charge in [-0.1, -0.05) is 0 Å². The van der Waals surface area contributed by atoms with Crippen LogP contribution in [0.25, 0.3) is 10.6 Å². The van der Waals surface area contributed by atoms with Gasteiger partial charge in [0.25, 0.3) is 0 Å². The van der Waals surface area contributed by atoms with E-state index in [1.807, 2.05) is 18.4 Å². The number of nitrogens with two attached hydrogens (primary N) is 1. The highest BCUT2D eigenvalue weighted by atomic mass is 32.1. The van der Waals surface area contributed by atoms with Crippen LogP contribution in [0.15, 0.2) is 22.1 Å². The van der Waals surface area contributed by atoms with Crippen molar-refractivity contribution in [2.45, 2.75) is 13.5 Å². The normalized spacial score (nSPS) is 10.6. The summed E-state index contributed by atoms with van der Waals surface area (Å²) in [6.45, 7) is 2.42. The smallest absolute Gasteiger partial charge is 0.127 e.